The van der Waals surface area contributed by atoms with Crippen LogP contribution in [0.2, 0.25) is 5.02 Å². The summed E-state index contributed by atoms with van der Waals surface area (Å²) in [5.41, 5.74) is 9.06. The number of aromatic nitrogens is 5. The van der Waals surface area contributed by atoms with Crippen LogP contribution in [0.25, 0.3) is 27.6 Å². The van der Waals surface area contributed by atoms with Gasteiger partial charge in [-0.2, -0.15) is 0 Å². The van der Waals surface area contributed by atoms with Crippen molar-refractivity contribution in [1.82, 2.24) is 24.5 Å². The third-order valence-electron chi connectivity index (χ3n) is 5.09. The summed E-state index contributed by atoms with van der Waals surface area (Å²) in [5, 5.41) is 1.72. The number of nitrogens with two attached hydrogens (primary N) is 1. The number of rotatable bonds is 2. The minimum atomic E-state index is -0.415. The number of aryl methyl sites for hydroxylation is 2. The standard InChI is InChI=1S/C18H15ClFNO.C5H5N5/c1-3-14-8-12-5-6-13(20)9-16(12)18(22)21(14)15-7-4-11(2)17(19)10-15;6-4-3-5(9-1-7-3)10-2-8-4/h4-10H,3H2,1-2H3;1-2H,(H3,6,7,8,9,10). The summed E-state index contributed by atoms with van der Waals surface area (Å²) in [7, 11) is 0. The minimum Gasteiger partial charge on any atom is -0.382 e. The molecule has 3 N–H and O–H groups in total. The molecule has 0 spiro atoms. The van der Waals surface area contributed by atoms with Crippen molar-refractivity contribution >= 4 is 39.4 Å². The topological polar surface area (TPSA) is 102 Å². The van der Waals surface area contributed by atoms with Crippen LogP contribution in [0.4, 0.5) is 10.2 Å². The Morgan fingerprint density at radius 1 is 1.12 bits per heavy atom. The lowest BCUT2D eigenvalue weighted by molar-refractivity contribution is 0.629. The number of benzene rings is 2. The molecular formula is C23H20ClFN6O. The number of fused-ring (bicyclic) bond motifs is 2. The Kier molecular flexibility index (Phi) is 5.87. The third-order valence-corrected chi connectivity index (χ3v) is 5.49. The molecule has 162 valence electrons. The molecule has 0 aliphatic rings. The summed E-state index contributed by atoms with van der Waals surface area (Å²) in [5.74, 6) is 0.0184. The van der Waals surface area contributed by atoms with Gasteiger partial charge >= 0.3 is 0 Å². The highest BCUT2D eigenvalue weighted by Crippen LogP contribution is 2.22. The maximum atomic E-state index is 13.5. The highest BCUT2D eigenvalue weighted by Gasteiger charge is 2.11. The highest BCUT2D eigenvalue weighted by atomic mass is 35.5. The summed E-state index contributed by atoms with van der Waals surface area (Å²) in [4.78, 5) is 27.2. The maximum Gasteiger partial charge on any atom is 0.263 e. The number of nitrogen functional groups attached to an aromatic ring is 1. The number of aromatic amines is 1. The number of nitrogens with one attached hydrogen (secondary N) is 1. The van der Waals surface area contributed by atoms with Crippen molar-refractivity contribution in [3.8, 4) is 5.69 Å². The molecule has 3 aromatic heterocycles. The van der Waals surface area contributed by atoms with E-state index in [0.29, 0.717) is 39.5 Å². The molecule has 0 saturated heterocycles. The summed E-state index contributed by atoms with van der Waals surface area (Å²) < 4.78 is 15.1. The van der Waals surface area contributed by atoms with Crippen molar-refractivity contribution in [3.63, 3.8) is 0 Å². The van der Waals surface area contributed by atoms with Gasteiger partial charge in [-0.25, -0.2) is 19.3 Å². The summed E-state index contributed by atoms with van der Waals surface area (Å²) in [6.45, 7) is 3.89. The molecule has 32 heavy (non-hydrogen) atoms. The molecule has 5 aromatic rings. The van der Waals surface area contributed by atoms with Gasteiger partial charge in [0.15, 0.2) is 11.5 Å². The number of nitrogens with zero attached hydrogens (tertiary/aromatic N) is 4. The third kappa shape index (κ3) is 4.04. The lowest BCUT2D eigenvalue weighted by Crippen LogP contribution is -2.22. The van der Waals surface area contributed by atoms with E-state index in [2.05, 4.69) is 19.9 Å². The van der Waals surface area contributed by atoms with E-state index in [0.717, 1.165) is 16.6 Å². The van der Waals surface area contributed by atoms with E-state index in [1.165, 1.54) is 24.8 Å². The molecule has 5 rings (SSSR count). The zero-order chi connectivity index (χ0) is 22.8. The fraction of sp³-hybridized carbons (Fsp3) is 0.130. The molecule has 0 atom stereocenters. The summed E-state index contributed by atoms with van der Waals surface area (Å²) in [6, 6.07) is 11.7. The first-order valence-electron chi connectivity index (χ1n) is 9.89. The smallest absolute Gasteiger partial charge is 0.263 e. The van der Waals surface area contributed by atoms with E-state index in [1.807, 2.05) is 32.0 Å². The Hall–Kier alpha value is -3.78. The van der Waals surface area contributed by atoms with Crippen LogP contribution in [0.1, 0.15) is 18.2 Å². The number of pyridine rings is 1. The fourth-order valence-electron chi connectivity index (χ4n) is 3.38. The predicted octanol–water partition coefficient (Wildman–Crippen LogP) is 4.59. The summed E-state index contributed by atoms with van der Waals surface area (Å²) in [6.07, 6.45) is 3.61. The quantitative estimate of drug-likeness (QED) is 0.409. The first kappa shape index (κ1) is 21.5. The van der Waals surface area contributed by atoms with Gasteiger partial charge in [0.25, 0.3) is 5.56 Å². The molecule has 2 aromatic carbocycles. The second-order valence-corrected chi connectivity index (χ2v) is 7.56. The molecule has 0 fully saturated rings. The van der Waals surface area contributed by atoms with Crippen molar-refractivity contribution < 1.29 is 4.39 Å². The van der Waals surface area contributed by atoms with E-state index in [9.17, 15) is 9.18 Å². The molecule has 7 nitrogen and oxygen atoms in total. The van der Waals surface area contributed by atoms with Crippen LogP contribution in [-0.2, 0) is 6.42 Å². The average Bonchev–Trinajstić information content (AvgIpc) is 3.27. The van der Waals surface area contributed by atoms with Crippen LogP contribution in [-0.4, -0.2) is 24.5 Å². The van der Waals surface area contributed by atoms with Crippen molar-refractivity contribution in [2.45, 2.75) is 20.3 Å². The van der Waals surface area contributed by atoms with Gasteiger partial charge in [0.2, 0.25) is 0 Å². The van der Waals surface area contributed by atoms with E-state index in [4.69, 9.17) is 17.3 Å². The first-order valence-corrected chi connectivity index (χ1v) is 10.3. The zero-order valence-electron chi connectivity index (χ0n) is 17.4. The molecule has 0 aliphatic carbocycles. The molecule has 3 heterocycles. The molecular weight excluding hydrogens is 431 g/mol. The number of hydrogen-bond donors (Lipinski definition) is 2. The first-order chi connectivity index (χ1) is 15.4. The average molecular weight is 451 g/mol. The number of imidazole rings is 1. The maximum absolute atomic E-state index is 13.5. The molecule has 9 heteroatoms. The van der Waals surface area contributed by atoms with Crippen LogP contribution < -0.4 is 11.3 Å². The Morgan fingerprint density at radius 2 is 1.94 bits per heavy atom. The van der Waals surface area contributed by atoms with Crippen LogP contribution >= 0.6 is 11.6 Å². The van der Waals surface area contributed by atoms with Gasteiger partial charge in [0, 0.05) is 10.7 Å². The number of anilines is 1. The van der Waals surface area contributed by atoms with Gasteiger partial charge in [-0.05, 0) is 54.6 Å². The van der Waals surface area contributed by atoms with Crippen LogP contribution in [0, 0.1) is 12.7 Å². The normalized spacial score (nSPS) is 10.9. The van der Waals surface area contributed by atoms with Crippen LogP contribution in [0.3, 0.4) is 0 Å². The van der Waals surface area contributed by atoms with Gasteiger partial charge in [0.1, 0.15) is 17.7 Å². The second-order valence-electron chi connectivity index (χ2n) is 7.15. The predicted molar refractivity (Wildman–Crippen MR) is 125 cm³/mol. The van der Waals surface area contributed by atoms with E-state index in [-0.39, 0.29) is 5.56 Å². The van der Waals surface area contributed by atoms with Crippen LogP contribution in [0.15, 0.2) is 59.9 Å². The van der Waals surface area contributed by atoms with Crippen molar-refractivity contribution in [2.24, 2.45) is 0 Å². The number of halogens is 2. The van der Waals surface area contributed by atoms with Gasteiger partial charge < -0.3 is 10.7 Å². The number of hydrogen-bond acceptors (Lipinski definition) is 5. The van der Waals surface area contributed by atoms with Gasteiger partial charge in [0.05, 0.1) is 17.4 Å². The molecule has 0 amide bonds. The van der Waals surface area contributed by atoms with Crippen molar-refractivity contribution in [3.05, 3.63) is 87.6 Å². The minimum absolute atomic E-state index is 0.228. The molecule has 0 aliphatic heterocycles. The van der Waals surface area contributed by atoms with Crippen LogP contribution in [0.5, 0.6) is 0 Å². The largest absolute Gasteiger partial charge is 0.382 e. The Bertz CT molecular complexity index is 1490. The van der Waals surface area contributed by atoms with Gasteiger partial charge in [-0.1, -0.05) is 30.7 Å². The van der Waals surface area contributed by atoms with Crippen molar-refractivity contribution in [1.29, 1.82) is 0 Å². The molecule has 0 bridgehead atoms. The van der Waals surface area contributed by atoms with E-state index >= 15 is 0 Å². The zero-order valence-corrected chi connectivity index (χ0v) is 18.2. The van der Waals surface area contributed by atoms with Crippen molar-refractivity contribution in [2.75, 3.05) is 5.73 Å². The molecule has 0 saturated carbocycles. The SMILES string of the molecule is CCc1cc2ccc(F)cc2c(=O)n1-c1ccc(C)c(Cl)c1.Nc1ncnc2nc[nH]c12. The fourth-order valence-corrected chi connectivity index (χ4v) is 3.56. The lowest BCUT2D eigenvalue weighted by atomic mass is 10.1. The summed E-state index contributed by atoms with van der Waals surface area (Å²) >= 11 is 6.18. The van der Waals surface area contributed by atoms with Gasteiger partial charge in [-0.3, -0.25) is 9.36 Å². The highest BCUT2D eigenvalue weighted by molar-refractivity contribution is 6.31. The van der Waals surface area contributed by atoms with Gasteiger partial charge in [-0.15, -0.1) is 0 Å². The second kappa shape index (κ2) is 8.76. The van der Waals surface area contributed by atoms with E-state index in [1.54, 1.807) is 16.7 Å². The Labute approximate surface area is 187 Å². The lowest BCUT2D eigenvalue weighted by Gasteiger charge is -2.14. The monoisotopic (exact) mass is 450 g/mol. The Morgan fingerprint density at radius 3 is 2.66 bits per heavy atom. The Balaban J connectivity index is 0.000000203. The molecule has 0 unspecified atom stereocenters. The molecule has 0 radical (unpaired) electrons. The van der Waals surface area contributed by atoms with E-state index < -0.39 is 5.82 Å². The number of H-pyrrole nitrogens is 1.